The van der Waals surface area contributed by atoms with Gasteiger partial charge in [-0.3, -0.25) is 9.59 Å². The van der Waals surface area contributed by atoms with Crippen molar-refractivity contribution in [2.45, 2.75) is 25.5 Å². The van der Waals surface area contributed by atoms with Gasteiger partial charge in [-0.25, -0.2) is 4.79 Å². The number of carbonyl (C=O) groups is 3. The van der Waals surface area contributed by atoms with Gasteiger partial charge in [-0.15, -0.1) is 0 Å². The number of hydrogen-bond donors (Lipinski definition) is 1. The Kier molecular flexibility index (Phi) is 7.60. The van der Waals surface area contributed by atoms with Crippen molar-refractivity contribution in [1.82, 2.24) is 5.32 Å². The van der Waals surface area contributed by atoms with Gasteiger partial charge in [-0.1, -0.05) is 12.1 Å². The number of halogens is 2. The van der Waals surface area contributed by atoms with Crippen LogP contribution in [0.4, 0.5) is 8.78 Å². The summed E-state index contributed by atoms with van der Waals surface area (Å²) in [5, 5.41) is 2.36. The number of alkyl halides is 2. The third-order valence-corrected chi connectivity index (χ3v) is 2.93. The van der Waals surface area contributed by atoms with Gasteiger partial charge in [-0.2, -0.15) is 8.78 Å². The molecule has 1 N–H and O–H groups in total. The molecule has 0 saturated carbocycles. The molecule has 0 fully saturated rings. The molecule has 0 spiro atoms. The predicted octanol–water partition coefficient (Wildman–Crippen LogP) is 1.05. The Morgan fingerprint density at radius 3 is 2.21 bits per heavy atom. The van der Waals surface area contributed by atoms with E-state index in [2.05, 4.69) is 19.5 Å². The van der Waals surface area contributed by atoms with Crippen LogP contribution in [0.1, 0.15) is 12.0 Å². The summed E-state index contributed by atoms with van der Waals surface area (Å²) in [5.74, 6) is -2.04. The second-order valence-corrected chi connectivity index (χ2v) is 4.62. The van der Waals surface area contributed by atoms with Crippen molar-refractivity contribution in [3.05, 3.63) is 29.8 Å². The van der Waals surface area contributed by atoms with E-state index in [1.165, 1.54) is 24.3 Å². The van der Waals surface area contributed by atoms with E-state index in [4.69, 9.17) is 0 Å². The predicted molar refractivity (Wildman–Crippen MR) is 77.4 cm³/mol. The Morgan fingerprint density at radius 1 is 1.08 bits per heavy atom. The lowest BCUT2D eigenvalue weighted by atomic mass is 10.1. The largest absolute Gasteiger partial charge is 0.469 e. The molecule has 0 bridgehead atoms. The Bertz CT molecular complexity index is 576. The van der Waals surface area contributed by atoms with Crippen LogP contribution in [-0.2, 0) is 30.3 Å². The van der Waals surface area contributed by atoms with Crippen LogP contribution in [0.25, 0.3) is 0 Å². The van der Waals surface area contributed by atoms with E-state index in [0.717, 1.165) is 14.2 Å². The maximum absolute atomic E-state index is 12.0. The number of ether oxygens (including phenoxy) is 3. The molecule has 0 unspecified atom stereocenters. The number of carbonyl (C=O) groups excluding carboxylic acids is 3. The average molecular weight is 345 g/mol. The lowest BCUT2D eigenvalue weighted by Gasteiger charge is -2.15. The molecule has 1 atom stereocenters. The molecule has 1 rings (SSSR count). The van der Waals surface area contributed by atoms with Crippen LogP contribution in [-0.4, -0.2) is 44.7 Å². The molecule has 0 aliphatic heterocycles. The summed E-state index contributed by atoms with van der Waals surface area (Å²) in [6.45, 7) is -2.93. The molecule has 1 aromatic rings. The number of methoxy groups -OCH3 is 2. The highest BCUT2D eigenvalue weighted by Crippen LogP contribution is 2.15. The van der Waals surface area contributed by atoms with E-state index in [-0.39, 0.29) is 18.6 Å². The molecule has 0 aromatic heterocycles. The van der Waals surface area contributed by atoms with Crippen molar-refractivity contribution in [3.8, 4) is 5.75 Å². The minimum atomic E-state index is -2.93. The average Bonchev–Trinajstić information content (AvgIpc) is 2.54. The van der Waals surface area contributed by atoms with E-state index in [0.29, 0.717) is 5.56 Å². The van der Waals surface area contributed by atoms with Crippen LogP contribution in [0.5, 0.6) is 5.75 Å². The Hall–Kier alpha value is -2.71. The van der Waals surface area contributed by atoms with Crippen molar-refractivity contribution in [2.24, 2.45) is 0 Å². The zero-order valence-corrected chi connectivity index (χ0v) is 13.1. The van der Waals surface area contributed by atoms with Crippen LogP contribution in [0.2, 0.25) is 0 Å². The highest BCUT2D eigenvalue weighted by molar-refractivity contribution is 5.88. The summed E-state index contributed by atoms with van der Waals surface area (Å²) in [4.78, 5) is 34.8. The standard InChI is InChI=1S/C15H17F2NO6/c1-22-13(20)8-11(14(21)23-2)18-12(19)7-9-3-5-10(6-4-9)24-15(16)17/h3-6,11,15H,7-8H2,1-2H3,(H,18,19)/t11-/m1/s1. The number of nitrogens with one attached hydrogen (secondary N) is 1. The second-order valence-electron chi connectivity index (χ2n) is 4.62. The van der Waals surface area contributed by atoms with Crippen molar-refractivity contribution < 1.29 is 37.4 Å². The summed E-state index contributed by atoms with van der Waals surface area (Å²) in [6, 6.07) is 4.29. The molecule has 0 heterocycles. The van der Waals surface area contributed by atoms with Crippen LogP contribution in [0.3, 0.4) is 0 Å². The molecule has 0 aliphatic rings. The molecule has 0 aliphatic carbocycles. The zero-order valence-electron chi connectivity index (χ0n) is 13.1. The Balaban J connectivity index is 2.64. The van der Waals surface area contributed by atoms with Gasteiger partial charge in [0.05, 0.1) is 27.1 Å². The summed E-state index contributed by atoms with van der Waals surface area (Å²) in [5.41, 5.74) is 0.510. The molecule has 132 valence electrons. The van der Waals surface area contributed by atoms with Crippen molar-refractivity contribution >= 4 is 17.8 Å². The Morgan fingerprint density at radius 2 is 1.71 bits per heavy atom. The van der Waals surface area contributed by atoms with Gasteiger partial charge in [0.1, 0.15) is 11.8 Å². The highest BCUT2D eigenvalue weighted by atomic mass is 19.3. The van der Waals surface area contributed by atoms with E-state index in [1.54, 1.807) is 0 Å². The minimum absolute atomic E-state index is 0.0349. The lowest BCUT2D eigenvalue weighted by Crippen LogP contribution is -2.43. The quantitative estimate of drug-likeness (QED) is 0.708. The molecule has 9 heteroatoms. The molecular formula is C15H17F2NO6. The number of esters is 2. The molecule has 1 aromatic carbocycles. The fraction of sp³-hybridized carbons (Fsp3) is 0.400. The van der Waals surface area contributed by atoms with E-state index in [1.807, 2.05) is 0 Å². The SMILES string of the molecule is COC(=O)C[C@@H](NC(=O)Cc1ccc(OC(F)F)cc1)C(=O)OC. The first-order valence-corrected chi connectivity index (χ1v) is 6.83. The fourth-order valence-electron chi connectivity index (χ4n) is 1.81. The lowest BCUT2D eigenvalue weighted by molar-refractivity contribution is -0.150. The number of hydrogen-bond acceptors (Lipinski definition) is 6. The number of rotatable bonds is 8. The van der Waals surface area contributed by atoms with Gasteiger partial charge in [0, 0.05) is 0 Å². The van der Waals surface area contributed by atoms with Crippen molar-refractivity contribution in [2.75, 3.05) is 14.2 Å². The normalized spacial score (nSPS) is 11.5. The van der Waals surface area contributed by atoms with E-state index >= 15 is 0 Å². The molecule has 0 saturated heterocycles. The first-order valence-electron chi connectivity index (χ1n) is 6.83. The first-order chi connectivity index (χ1) is 11.3. The van der Waals surface area contributed by atoms with Crippen molar-refractivity contribution in [3.63, 3.8) is 0 Å². The molecule has 0 radical (unpaired) electrons. The maximum Gasteiger partial charge on any atom is 0.387 e. The molecule has 1 amide bonds. The van der Waals surface area contributed by atoms with E-state index < -0.39 is 30.5 Å². The molecule has 24 heavy (non-hydrogen) atoms. The monoisotopic (exact) mass is 345 g/mol. The molecular weight excluding hydrogens is 328 g/mol. The summed E-state index contributed by atoms with van der Waals surface area (Å²) in [6.07, 6.45) is -0.486. The fourth-order valence-corrected chi connectivity index (χ4v) is 1.81. The van der Waals surface area contributed by atoms with Gasteiger partial charge < -0.3 is 19.5 Å². The first kappa shape index (κ1) is 19.3. The van der Waals surface area contributed by atoms with Crippen molar-refractivity contribution in [1.29, 1.82) is 0 Å². The topological polar surface area (TPSA) is 90.9 Å². The maximum atomic E-state index is 12.0. The second kappa shape index (κ2) is 9.43. The van der Waals surface area contributed by atoms with Crippen LogP contribution in [0, 0.1) is 0 Å². The van der Waals surface area contributed by atoms with Crippen LogP contribution in [0.15, 0.2) is 24.3 Å². The number of amides is 1. The summed E-state index contributed by atoms with van der Waals surface area (Å²) in [7, 11) is 2.28. The van der Waals surface area contributed by atoms with Gasteiger partial charge in [0.15, 0.2) is 0 Å². The van der Waals surface area contributed by atoms with Gasteiger partial charge >= 0.3 is 18.6 Å². The number of benzene rings is 1. The summed E-state index contributed by atoms with van der Waals surface area (Å²) < 4.78 is 37.3. The van der Waals surface area contributed by atoms with Crippen LogP contribution >= 0.6 is 0 Å². The highest BCUT2D eigenvalue weighted by Gasteiger charge is 2.25. The molecule has 7 nitrogen and oxygen atoms in total. The van der Waals surface area contributed by atoms with E-state index in [9.17, 15) is 23.2 Å². The van der Waals surface area contributed by atoms with Crippen LogP contribution < -0.4 is 10.1 Å². The smallest absolute Gasteiger partial charge is 0.387 e. The summed E-state index contributed by atoms with van der Waals surface area (Å²) >= 11 is 0. The third-order valence-electron chi connectivity index (χ3n) is 2.93. The minimum Gasteiger partial charge on any atom is -0.469 e. The van der Waals surface area contributed by atoms with Gasteiger partial charge in [0.2, 0.25) is 5.91 Å². The Labute approximate surface area is 136 Å². The third kappa shape index (κ3) is 6.59. The zero-order chi connectivity index (χ0) is 18.1. The van der Waals surface area contributed by atoms with Gasteiger partial charge in [0.25, 0.3) is 0 Å². The van der Waals surface area contributed by atoms with Gasteiger partial charge in [-0.05, 0) is 17.7 Å².